The highest BCUT2D eigenvalue weighted by molar-refractivity contribution is 5.86. The number of halogens is 2. The molecule has 1 amide bonds. The number of hydrogen-bond donors (Lipinski definition) is 1. The number of aromatic nitrogens is 2. The van der Waals surface area contributed by atoms with Crippen LogP contribution in [0.3, 0.4) is 0 Å². The van der Waals surface area contributed by atoms with E-state index in [4.69, 9.17) is 13.6 Å². The molecule has 0 radical (unpaired) electrons. The van der Waals surface area contributed by atoms with E-state index in [1.54, 1.807) is 24.3 Å². The van der Waals surface area contributed by atoms with Crippen molar-refractivity contribution in [3.63, 3.8) is 0 Å². The number of carbonyl (C=O) groups is 1. The molecule has 0 fully saturated rings. The Morgan fingerprint density at radius 1 is 1.15 bits per heavy atom. The summed E-state index contributed by atoms with van der Waals surface area (Å²) in [5, 5.41) is 7.29. The summed E-state index contributed by atoms with van der Waals surface area (Å²) in [6, 6.07) is 13.1. The lowest BCUT2D eigenvalue weighted by Crippen LogP contribution is -2.31. The fraction of sp³-hybridized carbons (Fsp3) is 0.227. The maximum Gasteiger partial charge on any atom is 0.437 e. The number of furan rings is 1. The maximum atomic E-state index is 12.5. The van der Waals surface area contributed by atoms with Gasteiger partial charge in [-0.25, -0.2) is 4.79 Å². The van der Waals surface area contributed by atoms with Gasteiger partial charge < -0.3 is 23.6 Å². The number of ether oxygens (including phenoxy) is 2. The van der Waals surface area contributed by atoms with Gasteiger partial charge in [-0.15, -0.1) is 5.10 Å². The normalized spacial score (nSPS) is 11.2. The minimum Gasteiger partial charge on any atom is -0.490 e. The van der Waals surface area contributed by atoms with E-state index in [1.807, 2.05) is 13.0 Å². The Kier molecular flexibility index (Phi) is 6.38. The molecule has 0 aliphatic carbocycles. The summed E-state index contributed by atoms with van der Waals surface area (Å²) in [7, 11) is 0. The first-order valence-corrected chi connectivity index (χ1v) is 9.97. The number of carbonyl (C=O) groups excluding carboxylic acids is 1. The molecule has 9 nitrogen and oxygen atoms in total. The second-order valence-corrected chi connectivity index (χ2v) is 6.81. The summed E-state index contributed by atoms with van der Waals surface area (Å²) in [5.74, 6) is -0.837. The van der Waals surface area contributed by atoms with Gasteiger partial charge in [0.1, 0.15) is 12.3 Å². The molecular weight excluding hydrogens is 440 g/mol. The van der Waals surface area contributed by atoms with Gasteiger partial charge in [0.2, 0.25) is 5.91 Å². The predicted octanol–water partition coefficient (Wildman–Crippen LogP) is 3.57. The Labute approximate surface area is 185 Å². The number of para-hydroxylation sites is 2. The van der Waals surface area contributed by atoms with Crippen LogP contribution >= 0.6 is 0 Å². The van der Waals surface area contributed by atoms with Crippen LogP contribution in [0.4, 0.5) is 8.78 Å². The van der Waals surface area contributed by atoms with Crippen molar-refractivity contribution in [3.05, 3.63) is 64.6 Å². The van der Waals surface area contributed by atoms with E-state index in [-0.39, 0.29) is 23.9 Å². The molecule has 0 spiro atoms. The standard InChI is InChI=1S/C22H19F2N3O6/c1-2-30-16-9-5-7-13-10-17(31-19(13)16)20-26-27(22(29)33-20)12-18(28)25-11-14-6-3-4-8-15(14)32-21(23)24/h3-10,21H,2,11-12H2,1H3,(H,25,28). The maximum absolute atomic E-state index is 12.5. The van der Waals surface area contributed by atoms with Crippen LogP contribution in [0.1, 0.15) is 12.5 Å². The van der Waals surface area contributed by atoms with Crippen molar-refractivity contribution < 1.29 is 31.9 Å². The first kappa shape index (κ1) is 22.1. The summed E-state index contributed by atoms with van der Waals surface area (Å²) in [6.45, 7) is -1.21. The topological polar surface area (TPSA) is 109 Å². The number of benzene rings is 2. The second-order valence-electron chi connectivity index (χ2n) is 6.81. The van der Waals surface area contributed by atoms with E-state index in [0.29, 0.717) is 23.5 Å². The Hall–Kier alpha value is -4.15. The number of fused-ring (bicyclic) bond motifs is 1. The Balaban J connectivity index is 1.46. The van der Waals surface area contributed by atoms with Gasteiger partial charge in [0, 0.05) is 17.5 Å². The third-order valence-corrected chi connectivity index (χ3v) is 4.58. The third-order valence-electron chi connectivity index (χ3n) is 4.58. The Morgan fingerprint density at radius 2 is 1.94 bits per heavy atom. The minimum absolute atomic E-state index is 0.0509. The van der Waals surface area contributed by atoms with Gasteiger partial charge in [-0.1, -0.05) is 30.3 Å². The first-order chi connectivity index (χ1) is 15.9. The van der Waals surface area contributed by atoms with E-state index in [9.17, 15) is 18.4 Å². The van der Waals surface area contributed by atoms with Crippen molar-refractivity contribution >= 4 is 16.9 Å². The van der Waals surface area contributed by atoms with Gasteiger partial charge in [-0.05, 0) is 25.1 Å². The lowest BCUT2D eigenvalue weighted by Gasteiger charge is -2.11. The highest BCUT2D eigenvalue weighted by Gasteiger charge is 2.18. The highest BCUT2D eigenvalue weighted by Crippen LogP contribution is 2.32. The molecule has 11 heteroatoms. The average molecular weight is 459 g/mol. The number of nitrogens with one attached hydrogen (secondary N) is 1. The number of hydrogen-bond acceptors (Lipinski definition) is 7. The molecule has 2 aromatic heterocycles. The van der Waals surface area contributed by atoms with Crippen LogP contribution in [0.2, 0.25) is 0 Å². The molecule has 0 aliphatic heterocycles. The fourth-order valence-electron chi connectivity index (χ4n) is 3.16. The Morgan fingerprint density at radius 3 is 2.73 bits per heavy atom. The quantitative estimate of drug-likeness (QED) is 0.408. The number of alkyl halides is 2. The molecule has 2 heterocycles. The Bertz CT molecular complexity index is 1330. The molecule has 1 N–H and O–H groups in total. The third kappa shape index (κ3) is 5.03. The average Bonchev–Trinajstić information content (AvgIpc) is 3.37. The van der Waals surface area contributed by atoms with Crippen LogP contribution in [-0.2, 0) is 17.9 Å². The van der Waals surface area contributed by atoms with Crippen LogP contribution < -0.4 is 20.5 Å². The van der Waals surface area contributed by atoms with E-state index >= 15 is 0 Å². The molecule has 0 saturated heterocycles. The number of nitrogens with zero attached hydrogens (tertiary/aromatic N) is 2. The zero-order chi connectivity index (χ0) is 23.4. The number of amides is 1. The molecule has 33 heavy (non-hydrogen) atoms. The molecule has 0 atom stereocenters. The van der Waals surface area contributed by atoms with Crippen LogP contribution in [0.5, 0.6) is 11.5 Å². The van der Waals surface area contributed by atoms with Crippen molar-refractivity contribution in [2.45, 2.75) is 26.6 Å². The lowest BCUT2D eigenvalue weighted by atomic mass is 10.2. The lowest BCUT2D eigenvalue weighted by molar-refractivity contribution is -0.122. The monoisotopic (exact) mass is 459 g/mol. The van der Waals surface area contributed by atoms with E-state index in [2.05, 4.69) is 15.2 Å². The van der Waals surface area contributed by atoms with E-state index < -0.39 is 24.8 Å². The minimum atomic E-state index is -2.99. The van der Waals surface area contributed by atoms with Crippen LogP contribution in [0.25, 0.3) is 22.6 Å². The largest absolute Gasteiger partial charge is 0.490 e. The van der Waals surface area contributed by atoms with Crippen LogP contribution in [-0.4, -0.2) is 28.9 Å². The molecule has 172 valence electrons. The zero-order valence-corrected chi connectivity index (χ0v) is 17.4. The molecule has 0 aliphatic rings. The summed E-state index contributed by atoms with van der Waals surface area (Å²) >= 11 is 0. The van der Waals surface area contributed by atoms with Gasteiger partial charge in [-0.2, -0.15) is 13.5 Å². The number of rotatable bonds is 9. The van der Waals surface area contributed by atoms with Crippen LogP contribution in [0, 0.1) is 0 Å². The van der Waals surface area contributed by atoms with Gasteiger partial charge in [0.05, 0.1) is 6.61 Å². The first-order valence-electron chi connectivity index (χ1n) is 9.97. The van der Waals surface area contributed by atoms with Gasteiger partial charge in [0.25, 0.3) is 5.89 Å². The van der Waals surface area contributed by atoms with Crippen molar-refractivity contribution in [1.29, 1.82) is 0 Å². The van der Waals surface area contributed by atoms with Gasteiger partial charge in [-0.3, -0.25) is 4.79 Å². The molecule has 2 aromatic carbocycles. The van der Waals surface area contributed by atoms with Crippen molar-refractivity contribution in [2.24, 2.45) is 0 Å². The predicted molar refractivity (Wildman–Crippen MR) is 112 cm³/mol. The van der Waals surface area contributed by atoms with Gasteiger partial charge in [0.15, 0.2) is 17.1 Å². The van der Waals surface area contributed by atoms with E-state index in [0.717, 1.165) is 10.1 Å². The molecule has 0 unspecified atom stereocenters. The van der Waals surface area contributed by atoms with Crippen molar-refractivity contribution in [2.75, 3.05) is 6.61 Å². The molecule has 4 aromatic rings. The van der Waals surface area contributed by atoms with Crippen molar-refractivity contribution in [1.82, 2.24) is 15.1 Å². The molecular formula is C22H19F2N3O6. The SMILES string of the molecule is CCOc1cccc2cc(-c3nn(CC(=O)NCc4ccccc4OC(F)F)c(=O)o3)oc12. The van der Waals surface area contributed by atoms with Crippen LogP contribution in [0.15, 0.2) is 62.2 Å². The van der Waals surface area contributed by atoms with Crippen molar-refractivity contribution in [3.8, 4) is 23.1 Å². The highest BCUT2D eigenvalue weighted by atomic mass is 19.3. The smallest absolute Gasteiger partial charge is 0.437 e. The molecule has 0 saturated carbocycles. The molecule has 0 bridgehead atoms. The van der Waals surface area contributed by atoms with E-state index in [1.165, 1.54) is 18.2 Å². The summed E-state index contributed by atoms with van der Waals surface area (Å²) < 4.78 is 46.7. The summed E-state index contributed by atoms with van der Waals surface area (Å²) in [4.78, 5) is 24.5. The summed E-state index contributed by atoms with van der Waals surface area (Å²) in [5.41, 5.74) is 0.834. The molecule has 4 rings (SSSR count). The van der Waals surface area contributed by atoms with Gasteiger partial charge >= 0.3 is 12.4 Å². The summed E-state index contributed by atoms with van der Waals surface area (Å²) in [6.07, 6.45) is 0. The fourth-order valence-corrected chi connectivity index (χ4v) is 3.16. The zero-order valence-electron chi connectivity index (χ0n) is 17.4. The second kappa shape index (κ2) is 9.55.